The molecule has 1 fully saturated rings. The number of ether oxygens (including phenoxy) is 1. The monoisotopic (exact) mass is 483 g/mol. The molecule has 8 nitrogen and oxygen atoms in total. The molecule has 5 rings (SSSR count). The van der Waals surface area contributed by atoms with Gasteiger partial charge in [-0.2, -0.15) is 0 Å². The second kappa shape index (κ2) is 10.6. The molecular formula is C28H29N5O3. The first kappa shape index (κ1) is 23.5. The van der Waals surface area contributed by atoms with Crippen LogP contribution in [0.3, 0.4) is 0 Å². The number of carbonyl (C=O) groups excluding carboxylic acids is 1. The van der Waals surface area contributed by atoms with E-state index in [1.807, 2.05) is 78.6 Å². The number of nitrogens with zero attached hydrogens (tertiary/aromatic N) is 4. The van der Waals surface area contributed by atoms with Gasteiger partial charge in [-0.3, -0.25) is 14.2 Å². The highest BCUT2D eigenvalue weighted by Gasteiger charge is 2.29. The van der Waals surface area contributed by atoms with E-state index >= 15 is 0 Å². The van der Waals surface area contributed by atoms with Crippen LogP contribution in [0.25, 0.3) is 11.2 Å². The van der Waals surface area contributed by atoms with Gasteiger partial charge in [-0.1, -0.05) is 42.5 Å². The van der Waals surface area contributed by atoms with Gasteiger partial charge in [-0.25, -0.2) is 9.97 Å². The Balaban J connectivity index is 1.42. The lowest BCUT2D eigenvalue weighted by molar-refractivity contribution is -0.120. The van der Waals surface area contributed by atoms with Crippen LogP contribution in [-0.2, 0) is 11.3 Å². The highest BCUT2D eigenvalue weighted by Crippen LogP contribution is 2.27. The molecule has 184 valence electrons. The number of rotatable bonds is 7. The number of pyridine rings is 1. The maximum absolute atomic E-state index is 13.7. The van der Waals surface area contributed by atoms with Crippen molar-refractivity contribution in [3.8, 4) is 5.75 Å². The zero-order chi connectivity index (χ0) is 24.9. The second-order valence-electron chi connectivity index (χ2n) is 8.86. The van der Waals surface area contributed by atoms with E-state index in [9.17, 15) is 9.59 Å². The van der Waals surface area contributed by atoms with Crippen molar-refractivity contribution in [2.45, 2.75) is 26.3 Å². The van der Waals surface area contributed by atoms with Gasteiger partial charge in [-0.15, -0.1) is 0 Å². The van der Waals surface area contributed by atoms with Crippen LogP contribution < -0.4 is 20.5 Å². The molecule has 0 radical (unpaired) electrons. The summed E-state index contributed by atoms with van der Waals surface area (Å²) in [4.78, 5) is 38.0. The first-order valence-electron chi connectivity index (χ1n) is 12.3. The summed E-state index contributed by atoms with van der Waals surface area (Å²) in [6.07, 6.45) is 3.20. The molecule has 2 aromatic carbocycles. The summed E-state index contributed by atoms with van der Waals surface area (Å²) in [6, 6.07) is 20.9. The van der Waals surface area contributed by atoms with E-state index in [-0.39, 0.29) is 17.4 Å². The zero-order valence-corrected chi connectivity index (χ0v) is 20.3. The molecule has 0 bridgehead atoms. The van der Waals surface area contributed by atoms with Gasteiger partial charge in [0.1, 0.15) is 11.3 Å². The summed E-state index contributed by atoms with van der Waals surface area (Å²) < 4.78 is 7.32. The number of carbonyl (C=O) groups is 1. The van der Waals surface area contributed by atoms with Crippen LogP contribution in [0, 0.1) is 5.92 Å². The lowest BCUT2D eigenvalue weighted by Crippen LogP contribution is -2.44. The van der Waals surface area contributed by atoms with Gasteiger partial charge in [-0.05, 0) is 49.6 Å². The number of hydrogen-bond acceptors (Lipinski definition) is 6. The summed E-state index contributed by atoms with van der Waals surface area (Å²) in [6.45, 7) is 3.91. The molecule has 1 N–H and O–H groups in total. The number of para-hydroxylation sites is 2. The van der Waals surface area contributed by atoms with Crippen LogP contribution in [-0.4, -0.2) is 40.1 Å². The van der Waals surface area contributed by atoms with Crippen LogP contribution in [0.4, 0.5) is 11.5 Å². The van der Waals surface area contributed by atoms with Crippen molar-refractivity contribution < 1.29 is 9.53 Å². The molecule has 2 aromatic heterocycles. The predicted octanol–water partition coefficient (Wildman–Crippen LogP) is 4.09. The largest absolute Gasteiger partial charge is 0.492 e. The number of aromatic nitrogens is 3. The Labute approximate surface area is 209 Å². The van der Waals surface area contributed by atoms with E-state index in [0.717, 1.165) is 18.4 Å². The maximum Gasteiger partial charge on any atom is 0.295 e. The minimum atomic E-state index is -0.276. The Hall–Kier alpha value is -4.20. The van der Waals surface area contributed by atoms with Gasteiger partial charge in [0.25, 0.3) is 5.56 Å². The molecule has 1 aliphatic heterocycles. The van der Waals surface area contributed by atoms with E-state index in [1.165, 1.54) is 0 Å². The molecule has 0 aliphatic carbocycles. The minimum Gasteiger partial charge on any atom is -0.492 e. The Bertz CT molecular complexity index is 1420. The van der Waals surface area contributed by atoms with Crippen molar-refractivity contribution in [3.05, 3.63) is 88.8 Å². The number of amides is 1. The molecule has 4 aromatic rings. The molecule has 1 unspecified atom stereocenters. The second-order valence-corrected chi connectivity index (χ2v) is 8.86. The summed E-state index contributed by atoms with van der Waals surface area (Å²) in [7, 11) is 0. The third kappa shape index (κ3) is 4.93. The van der Waals surface area contributed by atoms with Crippen molar-refractivity contribution in [2.75, 3.05) is 29.9 Å². The summed E-state index contributed by atoms with van der Waals surface area (Å²) >= 11 is 0. The average molecular weight is 484 g/mol. The summed E-state index contributed by atoms with van der Waals surface area (Å²) in [5, 5.41) is 3.02. The fourth-order valence-electron chi connectivity index (χ4n) is 4.65. The maximum atomic E-state index is 13.7. The molecule has 0 spiro atoms. The van der Waals surface area contributed by atoms with Gasteiger partial charge < -0.3 is 15.0 Å². The SMILES string of the molecule is CCOc1ccccc1NC(=O)C1CCCN(c2nc3cccnc3n(Cc3ccccc3)c2=O)C1. The van der Waals surface area contributed by atoms with Crippen molar-refractivity contribution in [2.24, 2.45) is 5.92 Å². The highest BCUT2D eigenvalue weighted by molar-refractivity contribution is 5.94. The van der Waals surface area contributed by atoms with Crippen molar-refractivity contribution >= 4 is 28.6 Å². The molecule has 1 saturated heterocycles. The minimum absolute atomic E-state index is 0.0843. The molecule has 3 heterocycles. The lowest BCUT2D eigenvalue weighted by atomic mass is 9.97. The number of nitrogens with one attached hydrogen (secondary N) is 1. The van der Waals surface area contributed by atoms with Crippen LogP contribution in [0.15, 0.2) is 77.7 Å². The zero-order valence-electron chi connectivity index (χ0n) is 20.3. The van der Waals surface area contributed by atoms with E-state index in [2.05, 4.69) is 10.3 Å². The molecule has 1 aliphatic rings. The molecular weight excluding hydrogens is 454 g/mol. The summed E-state index contributed by atoms with van der Waals surface area (Å²) in [5.74, 6) is 0.646. The average Bonchev–Trinajstić information content (AvgIpc) is 2.92. The fraction of sp³-hybridized carbons (Fsp3) is 0.286. The van der Waals surface area contributed by atoms with Crippen molar-refractivity contribution in [1.29, 1.82) is 0 Å². The van der Waals surface area contributed by atoms with E-state index in [1.54, 1.807) is 10.8 Å². The fourth-order valence-corrected chi connectivity index (χ4v) is 4.65. The Morgan fingerprint density at radius 1 is 1.08 bits per heavy atom. The quantitative estimate of drug-likeness (QED) is 0.426. The number of fused-ring (bicyclic) bond motifs is 1. The third-order valence-corrected chi connectivity index (χ3v) is 6.40. The number of anilines is 2. The van der Waals surface area contributed by atoms with Gasteiger partial charge in [0.05, 0.1) is 24.8 Å². The lowest BCUT2D eigenvalue weighted by Gasteiger charge is -2.32. The van der Waals surface area contributed by atoms with Crippen molar-refractivity contribution in [1.82, 2.24) is 14.5 Å². The molecule has 1 atom stereocenters. The Morgan fingerprint density at radius 3 is 2.72 bits per heavy atom. The Kier molecular flexibility index (Phi) is 6.93. The van der Waals surface area contributed by atoms with Gasteiger partial charge in [0.15, 0.2) is 11.5 Å². The van der Waals surface area contributed by atoms with Gasteiger partial charge in [0, 0.05) is 19.3 Å². The van der Waals surface area contributed by atoms with E-state index < -0.39 is 0 Å². The molecule has 1 amide bonds. The van der Waals surface area contributed by atoms with Crippen LogP contribution in [0.2, 0.25) is 0 Å². The number of benzene rings is 2. The molecule has 36 heavy (non-hydrogen) atoms. The number of piperidine rings is 1. The highest BCUT2D eigenvalue weighted by atomic mass is 16.5. The van der Waals surface area contributed by atoms with Crippen LogP contribution >= 0.6 is 0 Å². The predicted molar refractivity (Wildman–Crippen MR) is 141 cm³/mol. The molecule has 0 saturated carbocycles. The third-order valence-electron chi connectivity index (χ3n) is 6.40. The smallest absolute Gasteiger partial charge is 0.295 e. The Morgan fingerprint density at radius 2 is 1.89 bits per heavy atom. The molecule has 8 heteroatoms. The normalized spacial score (nSPS) is 15.6. The first-order valence-corrected chi connectivity index (χ1v) is 12.3. The van der Waals surface area contributed by atoms with Crippen LogP contribution in [0.1, 0.15) is 25.3 Å². The topological polar surface area (TPSA) is 89.3 Å². The van der Waals surface area contributed by atoms with Gasteiger partial charge >= 0.3 is 0 Å². The first-order chi connectivity index (χ1) is 17.6. The van der Waals surface area contributed by atoms with Gasteiger partial charge in [0.2, 0.25) is 5.91 Å². The van der Waals surface area contributed by atoms with E-state index in [4.69, 9.17) is 9.72 Å². The van der Waals surface area contributed by atoms with Crippen molar-refractivity contribution in [3.63, 3.8) is 0 Å². The number of hydrogen-bond donors (Lipinski definition) is 1. The standard InChI is InChI=1S/C28H29N5O3/c1-2-36-24-15-7-6-13-22(24)31-27(34)21-12-9-17-32(19-21)26-28(35)33(18-20-10-4-3-5-11-20)25-23(30-26)14-8-16-29-25/h3-8,10-11,13-16,21H,2,9,12,17-19H2,1H3,(H,31,34). The summed E-state index contributed by atoms with van der Waals surface area (Å²) in [5.41, 5.74) is 2.66. The van der Waals surface area contributed by atoms with Crippen LogP contribution in [0.5, 0.6) is 5.75 Å². The van der Waals surface area contributed by atoms with E-state index in [0.29, 0.717) is 54.7 Å².